The third kappa shape index (κ3) is 2.55. The Morgan fingerprint density at radius 2 is 1.94 bits per heavy atom. The van der Waals surface area contributed by atoms with E-state index in [-0.39, 0.29) is 11.6 Å². The van der Waals surface area contributed by atoms with Gasteiger partial charge in [0.1, 0.15) is 5.69 Å². The van der Waals surface area contributed by atoms with Crippen LogP contribution in [0.1, 0.15) is 10.5 Å². The second-order valence-corrected chi connectivity index (χ2v) is 3.49. The van der Waals surface area contributed by atoms with E-state index in [1.54, 1.807) is 30.6 Å². The Balaban J connectivity index is 2.15. The van der Waals surface area contributed by atoms with Gasteiger partial charge in [-0.3, -0.25) is 14.8 Å². The van der Waals surface area contributed by atoms with Crippen molar-refractivity contribution in [3.63, 3.8) is 0 Å². The SMILES string of the molecule is O=C(Nc1ccncc1)c1cc(Cl)ccn1. The van der Waals surface area contributed by atoms with Crippen LogP contribution in [0.25, 0.3) is 0 Å². The monoisotopic (exact) mass is 233 g/mol. The summed E-state index contributed by atoms with van der Waals surface area (Å²) in [5, 5.41) is 3.17. The Hall–Kier alpha value is -1.94. The second kappa shape index (κ2) is 4.72. The molecule has 4 nitrogen and oxygen atoms in total. The fraction of sp³-hybridized carbons (Fsp3) is 0. The molecule has 0 spiro atoms. The number of carbonyl (C=O) groups is 1. The maximum Gasteiger partial charge on any atom is 0.274 e. The van der Waals surface area contributed by atoms with Crippen molar-refractivity contribution in [3.05, 3.63) is 53.6 Å². The molecule has 0 saturated carbocycles. The van der Waals surface area contributed by atoms with Crippen molar-refractivity contribution in [2.24, 2.45) is 0 Å². The number of hydrogen-bond acceptors (Lipinski definition) is 3. The van der Waals surface area contributed by atoms with Crippen LogP contribution in [0.3, 0.4) is 0 Å². The van der Waals surface area contributed by atoms with Crippen LogP contribution in [-0.4, -0.2) is 15.9 Å². The maximum atomic E-state index is 11.7. The molecular formula is C11H8ClN3O. The van der Waals surface area contributed by atoms with Crippen molar-refractivity contribution in [1.82, 2.24) is 9.97 Å². The van der Waals surface area contributed by atoms with E-state index < -0.39 is 0 Å². The van der Waals surface area contributed by atoms with Gasteiger partial charge in [0.15, 0.2) is 0 Å². The van der Waals surface area contributed by atoms with Crippen LogP contribution in [0.2, 0.25) is 5.02 Å². The van der Waals surface area contributed by atoms with Crippen molar-refractivity contribution in [2.45, 2.75) is 0 Å². The summed E-state index contributed by atoms with van der Waals surface area (Å²) in [7, 11) is 0. The molecule has 1 N–H and O–H groups in total. The summed E-state index contributed by atoms with van der Waals surface area (Å²) in [5.41, 5.74) is 0.950. The van der Waals surface area contributed by atoms with Gasteiger partial charge in [-0.25, -0.2) is 0 Å². The fourth-order valence-corrected chi connectivity index (χ4v) is 1.32. The molecule has 0 unspecified atom stereocenters. The molecule has 0 radical (unpaired) electrons. The number of pyridine rings is 2. The fourth-order valence-electron chi connectivity index (χ4n) is 1.16. The molecule has 0 aromatic carbocycles. The van der Waals surface area contributed by atoms with Crippen molar-refractivity contribution in [2.75, 3.05) is 5.32 Å². The normalized spacial score (nSPS) is 9.81. The van der Waals surface area contributed by atoms with Gasteiger partial charge in [0, 0.05) is 29.3 Å². The van der Waals surface area contributed by atoms with E-state index in [4.69, 9.17) is 11.6 Å². The average Bonchev–Trinajstić information content (AvgIpc) is 2.30. The molecule has 0 bridgehead atoms. The number of hydrogen-bond donors (Lipinski definition) is 1. The number of rotatable bonds is 2. The van der Waals surface area contributed by atoms with Gasteiger partial charge in [-0.2, -0.15) is 0 Å². The molecule has 16 heavy (non-hydrogen) atoms. The number of amides is 1. The molecule has 2 rings (SSSR count). The van der Waals surface area contributed by atoms with E-state index >= 15 is 0 Å². The Morgan fingerprint density at radius 1 is 1.19 bits per heavy atom. The quantitative estimate of drug-likeness (QED) is 0.867. The summed E-state index contributed by atoms with van der Waals surface area (Å²) in [4.78, 5) is 19.5. The first kappa shape index (κ1) is 10.6. The van der Waals surface area contributed by atoms with Gasteiger partial charge in [-0.1, -0.05) is 11.6 Å². The molecule has 0 aliphatic rings. The molecule has 0 aliphatic carbocycles. The van der Waals surface area contributed by atoms with Gasteiger partial charge < -0.3 is 5.32 Å². The lowest BCUT2D eigenvalue weighted by molar-refractivity contribution is 0.102. The van der Waals surface area contributed by atoms with Gasteiger partial charge in [0.2, 0.25) is 0 Å². The molecular weight excluding hydrogens is 226 g/mol. The van der Waals surface area contributed by atoms with E-state index in [1.807, 2.05) is 0 Å². The van der Waals surface area contributed by atoms with Crippen LogP contribution >= 0.6 is 11.6 Å². The van der Waals surface area contributed by atoms with E-state index in [2.05, 4.69) is 15.3 Å². The highest BCUT2D eigenvalue weighted by Gasteiger charge is 2.07. The van der Waals surface area contributed by atoms with Crippen molar-refractivity contribution < 1.29 is 4.79 Å². The standard InChI is InChI=1S/C11H8ClN3O/c12-8-1-6-14-10(7-8)11(16)15-9-2-4-13-5-3-9/h1-7H,(H,13,15,16). The van der Waals surface area contributed by atoms with E-state index in [9.17, 15) is 4.79 Å². The van der Waals surface area contributed by atoms with Crippen LogP contribution in [0.4, 0.5) is 5.69 Å². The van der Waals surface area contributed by atoms with Gasteiger partial charge >= 0.3 is 0 Å². The number of aromatic nitrogens is 2. The Bertz CT molecular complexity index is 502. The topological polar surface area (TPSA) is 54.9 Å². The Kier molecular flexibility index (Phi) is 3.12. The lowest BCUT2D eigenvalue weighted by Gasteiger charge is -2.03. The van der Waals surface area contributed by atoms with Crippen molar-refractivity contribution in [3.8, 4) is 0 Å². The van der Waals surface area contributed by atoms with E-state index in [1.165, 1.54) is 12.3 Å². The number of anilines is 1. The summed E-state index contributed by atoms with van der Waals surface area (Å²) in [5.74, 6) is -0.297. The zero-order chi connectivity index (χ0) is 11.4. The third-order valence-electron chi connectivity index (χ3n) is 1.89. The van der Waals surface area contributed by atoms with Gasteiger partial charge in [0.25, 0.3) is 5.91 Å². The van der Waals surface area contributed by atoms with E-state index in [0.29, 0.717) is 10.7 Å². The molecule has 0 aliphatic heterocycles. The first-order chi connectivity index (χ1) is 7.75. The molecule has 2 aromatic heterocycles. The number of halogens is 1. The van der Waals surface area contributed by atoms with Crippen molar-refractivity contribution >= 4 is 23.2 Å². The number of nitrogens with zero attached hydrogens (tertiary/aromatic N) is 2. The van der Waals surface area contributed by atoms with Gasteiger partial charge in [-0.05, 0) is 24.3 Å². The molecule has 0 fully saturated rings. The largest absolute Gasteiger partial charge is 0.321 e. The van der Waals surface area contributed by atoms with E-state index in [0.717, 1.165) is 0 Å². The molecule has 2 aromatic rings. The summed E-state index contributed by atoms with van der Waals surface area (Å²) in [6.07, 6.45) is 4.69. The van der Waals surface area contributed by atoms with Crippen LogP contribution < -0.4 is 5.32 Å². The van der Waals surface area contributed by atoms with Gasteiger partial charge in [0.05, 0.1) is 0 Å². The smallest absolute Gasteiger partial charge is 0.274 e. The summed E-state index contributed by atoms with van der Waals surface area (Å²) in [6.45, 7) is 0. The minimum absolute atomic E-state index is 0.282. The molecule has 80 valence electrons. The molecule has 5 heteroatoms. The lowest BCUT2D eigenvalue weighted by atomic mass is 10.3. The molecule has 0 atom stereocenters. The predicted octanol–water partition coefficient (Wildman–Crippen LogP) is 2.38. The second-order valence-electron chi connectivity index (χ2n) is 3.05. The summed E-state index contributed by atoms with van der Waals surface area (Å²) >= 11 is 5.76. The highest BCUT2D eigenvalue weighted by atomic mass is 35.5. The zero-order valence-corrected chi connectivity index (χ0v) is 8.98. The van der Waals surface area contributed by atoms with Gasteiger partial charge in [-0.15, -0.1) is 0 Å². The Morgan fingerprint density at radius 3 is 2.62 bits per heavy atom. The van der Waals surface area contributed by atoms with Crippen LogP contribution in [0.5, 0.6) is 0 Å². The molecule has 1 amide bonds. The molecule has 2 heterocycles. The minimum Gasteiger partial charge on any atom is -0.321 e. The highest BCUT2D eigenvalue weighted by Crippen LogP contribution is 2.10. The van der Waals surface area contributed by atoms with Crippen molar-refractivity contribution in [1.29, 1.82) is 0 Å². The molecule has 0 saturated heterocycles. The average molecular weight is 234 g/mol. The predicted molar refractivity (Wildman–Crippen MR) is 61.4 cm³/mol. The third-order valence-corrected chi connectivity index (χ3v) is 2.13. The first-order valence-electron chi connectivity index (χ1n) is 4.58. The lowest BCUT2D eigenvalue weighted by Crippen LogP contribution is -2.13. The summed E-state index contributed by atoms with van der Waals surface area (Å²) < 4.78 is 0. The summed E-state index contributed by atoms with van der Waals surface area (Å²) in [6, 6.07) is 6.52. The maximum absolute atomic E-state index is 11.7. The highest BCUT2D eigenvalue weighted by molar-refractivity contribution is 6.30. The van der Waals surface area contributed by atoms with Crippen LogP contribution in [0.15, 0.2) is 42.9 Å². The number of carbonyl (C=O) groups excluding carboxylic acids is 1. The zero-order valence-electron chi connectivity index (χ0n) is 8.22. The number of nitrogens with one attached hydrogen (secondary N) is 1. The minimum atomic E-state index is -0.297. The van der Waals surface area contributed by atoms with Crippen LogP contribution in [0, 0.1) is 0 Å². The van der Waals surface area contributed by atoms with Crippen LogP contribution in [-0.2, 0) is 0 Å². The Labute approximate surface area is 97.3 Å². The first-order valence-corrected chi connectivity index (χ1v) is 4.96.